The molecule has 1 aliphatic carbocycles. The van der Waals surface area contributed by atoms with Crippen LogP contribution in [-0.2, 0) is 6.42 Å². The SMILES string of the molecule is CCC/C=C/C1CC=C(c2ccc(CCC)c(F)c2F)CC1. The van der Waals surface area contributed by atoms with Crippen LogP contribution in [0.4, 0.5) is 8.78 Å². The van der Waals surface area contributed by atoms with Crippen molar-refractivity contribution in [1.29, 1.82) is 0 Å². The molecule has 0 bridgehead atoms. The summed E-state index contributed by atoms with van der Waals surface area (Å²) in [5, 5.41) is 0. The van der Waals surface area contributed by atoms with Crippen molar-refractivity contribution in [3.63, 3.8) is 0 Å². The van der Waals surface area contributed by atoms with Gasteiger partial charge in [-0.05, 0) is 49.2 Å². The zero-order valence-corrected chi connectivity index (χ0v) is 13.7. The summed E-state index contributed by atoms with van der Waals surface area (Å²) >= 11 is 0. The van der Waals surface area contributed by atoms with Gasteiger partial charge < -0.3 is 0 Å². The van der Waals surface area contributed by atoms with Gasteiger partial charge in [-0.3, -0.25) is 0 Å². The van der Waals surface area contributed by atoms with Crippen LogP contribution in [0.25, 0.3) is 5.57 Å². The van der Waals surface area contributed by atoms with Gasteiger partial charge >= 0.3 is 0 Å². The molecular weight excluding hydrogens is 278 g/mol. The molecule has 0 radical (unpaired) electrons. The van der Waals surface area contributed by atoms with Gasteiger partial charge in [0.05, 0.1) is 0 Å². The number of hydrogen-bond acceptors (Lipinski definition) is 0. The lowest BCUT2D eigenvalue weighted by Crippen LogP contribution is -2.05. The maximum atomic E-state index is 14.3. The molecule has 2 heteroatoms. The number of hydrogen-bond donors (Lipinski definition) is 0. The standard InChI is InChI=1S/C20H26F2/c1-3-5-6-8-15-9-11-16(12-10-15)18-14-13-17(7-4-2)19(21)20(18)22/h6,8,11,13-15H,3-5,7,9-10,12H2,1-2H3/b8-6+. The number of allylic oxidation sites excluding steroid dienone is 4. The van der Waals surface area contributed by atoms with Crippen molar-refractivity contribution in [3.8, 4) is 0 Å². The van der Waals surface area contributed by atoms with Crippen LogP contribution >= 0.6 is 0 Å². The van der Waals surface area contributed by atoms with Gasteiger partial charge in [-0.2, -0.15) is 0 Å². The number of benzene rings is 1. The lowest BCUT2D eigenvalue weighted by molar-refractivity contribution is 0.494. The second kappa shape index (κ2) is 8.26. The molecule has 0 amide bonds. The molecule has 2 rings (SSSR count). The van der Waals surface area contributed by atoms with Gasteiger partial charge in [-0.25, -0.2) is 8.78 Å². The van der Waals surface area contributed by atoms with Gasteiger partial charge in [0.25, 0.3) is 0 Å². The van der Waals surface area contributed by atoms with Crippen LogP contribution in [0.15, 0.2) is 30.4 Å². The molecule has 1 aromatic rings. The summed E-state index contributed by atoms with van der Waals surface area (Å²) in [4.78, 5) is 0. The van der Waals surface area contributed by atoms with Gasteiger partial charge in [0, 0.05) is 5.56 Å². The average Bonchev–Trinajstić information content (AvgIpc) is 2.53. The number of unbranched alkanes of at least 4 members (excludes halogenated alkanes) is 1. The van der Waals surface area contributed by atoms with Crippen LogP contribution in [0.1, 0.15) is 63.5 Å². The van der Waals surface area contributed by atoms with Gasteiger partial charge in [-0.15, -0.1) is 0 Å². The Balaban J connectivity index is 2.11. The Morgan fingerprint density at radius 3 is 2.59 bits per heavy atom. The molecule has 0 spiro atoms. The van der Waals surface area contributed by atoms with E-state index in [0.29, 0.717) is 23.5 Å². The van der Waals surface area contributed by atoms with Crippen LogP contribution in [-0.4, -0.2) is 0 Å². The quantitative estimate of drug-likeness (QED) is 0.529. The van der Waals surface area contributed by atoms with E-state index in [-0.39, 0.29) is 0 Å². The highest BCUT2D eigenvalue weighted by Gasteiger charge is 2.19. The minimum Gasteiger partial charge on any atom is -0.203 e. The first-order valence-corrected chi connectivity index (χ1v) is 8.50. The monoisotopic (exact) mass is 304 g/mol. The molecule has 1 atom stereocenters. The van der Waals surface area contributed by atoms with Crippen molar-refractivity contribution in [2.24, 2.45) is 5.92 Å². The summed E-state index contributed by atoms with van der Waals surface area (Å²) in [5.74, 6) is -0.787. The third kappa shape index (κ3) is 4.06. The zero-order valence-electron chi connectivity index (χ0n) is 13.7. The third-order valence-corrected chi connectivity index (χ3v) is 4.34. The van der Waals surface area contributed by atoms with E-state index in [1.54, 1.807) is 12.1 Å². The summed E-state index contributed by atoms with van der Waals surface area (Å²) < 4.78 is 28.4. The first-order valence-electron chi connectivity index (χ1n) is 8.50. The van der Waals surface area contributed by atoms with Crippen molar-refractivity contribution < 1.29 is 8.78 Å². The van der Waals surface area contributed by atoms with Crippen LogP contribution in [0.5, 0.6) is 0 Å². The summed E-state index contributed by atoms with van der Waals surface area (Å²) in [6.07, 6.45) is 13.1. The summed E-state index contributed by atoms with van der Waals surface area (Å²) in [5.41, 5.74) is 1.90. The van der Waals surface area contributed by atoms with Crippen LogP contribution < -0.4 is 0 Å². The van der Waals surface area contributed by atoms with E-state index >= 15 is 0 Å². The Morgan fingerprint density at radius 2 is 1.95 bits per heavy atom. The summed E-state index contributed by atoms with van der Waals surface area (Å²) in [6.45, 7) is 4.14. The van der Waals surface area contributed by atoms with Gasteiger partial charge in [0.15, 0.2) is 11.6 Å². The maximum absolute atomic E-state index is 14.3. The first kappa shape index (κ1) is 16.9. The molecular formula is C20H26F2. The fourth-order valence-corrected chi connectivity index (χ4v) is 3.03. The zero-order chi connectivity index (χ0) is 15.9. The Kier molecular flexibility index (Phi) is 6.35. The van der Waals surface area contributed by atoms with Crippen molar-refractivity contribution in [1.82, 2.24) is 0 Å². The third-order valence-electron chi connectivity index (χ3n) is 4.34. The molecule has 0 saturated carbocycles. The largest absolute Gasteiger partial charge is 0.203 e. The molecule has 0 aromatic heterocycles. The lowest BCUT2D eigenvalue weighted by Gasteiger charge is -2.20. The Hall–Kier alpha value is -1.44. The van der Waals surface area contributed by atoms with Gasteiger partial charge in [0.1, 0.15) is 0 Å². The first-order chi connectivity index (χ1) is 10.7. The number of rotatable bonds is 6. The number of halogens is 2. The minimum absolute atomic E-state index is 0.452. The summed E-state index contributed by atoms with van der Waals surface area (Å²) in [6, 6.07) is 3.49. The smallest absolute Gasteiger partial charge is 0.166 e. The van der Waals surface area contributed by atoms with E-state index in [9.17, 15) is 8.78 Å². The van der Waals surface area contributed by atoms with Crippen LogP contribution in [0, 0.1) is 17.6 Å². The molecule has 0 fully saturated rings. The second-order valence-corrected chi connectivity index (χ2v) is 6.13. The Morgan fingerprint density at radius 1 is 1.14 bits per heavy atom. The van der Waals surface area contributed by atoms with Crippen molar-refractivity contribution in [3.05, 3.63) is 53.1 Å². The predicted molar refractivity (Wildman–Crippen MR) is 89.7 cm³/mol. The van der Waals surface area contributed by atoms with Crippen LogP contribution in [0.3, 0.4) is 0 Å². The second-order valence-electron chi connectivity index (χ2n) is 6.13. The van der Waals surface area contributed by atoms with Crippen molar-refractivity contribution in [2.45, 2.75) is 58.8 Å². The van der Waals surface area contributed by atoms with E-state index < -0.39 is 11.6 Å². The molecule has 1 aromatic carbocycles. The van der Waals surface area contributed by atoms with Gasteiger partial charge in [0.2, 0.25) is 0 Å². The molecule has 0 nitrogen and oxygen atoms in total. The van der Waals surface area contributed by atoms with Gasteiger partial charge in [-0.1, -0.05) is 57.0 Å². The molecule has 22 heavy (non-hydrogen) atoms. The minimum atomic E-state index is -0.669. The maximum Gasteiger partial charge on any atom is 0.166 e. The van der Waals surface area contributed by atoms with E-state index in [1.807, 2.05) is 6.92 Å². The topological polar surface area (TPSA) is 0 Å². The lowest BCUT2D eigenvalue weighted by atomic mass is 9.85. The molecule has 0 heterocycles. The molecule has 1 aliphatic rings. The Labute approximate surface area is 132 Å². The fraction of sp³-hybridized carbons (Fsp3) is 0.500. The van der Waals surface area contributed by atoms with E-state index in [1.165, 1.54) is 6.42 Å². The molecule has 0 N–H and O–H groups in total. The normalized spacial score (nSPS) is 18.7. The molecule has 0 aliphatic heterocycles. The van der Waals surface area contributed by atoms with Crippen molar-refractivity contribution in [2.75, 3.05) is 0 Å². The molecule has 120 valence electrons. The summed E-state index contributed by atoms with van der Waals surface area (Å²) in [7, 11) is 0. The highest BCUT2D eigenvalue weighted by Crippen LogP contribution is 2.33. The number of aryl methyl sites for hydroxylation is 1. The highest BCUT2D eigenvalue weighted by atomic mass is 19.2. The fourth-order valence-electron chi connectivity index (χ4n) is 3.03. The van der Waals surface area contributed by atoms with E-state index in [2.05, 4.69) is 25.2 Å². The highest BCUT2D eigenvalue weighted by molar-refractivity contribution is 5.67. The van der Waals surface area contributed by atoms with Crippen molar-refractivity contribution >= 4 is 5.57 Å². The average molecular weight is 304 g/mol. The Bertz CT molecular complexity index is 555. The predicted octanol–water partition coefficient (Wildman–Crippen LogP) is 6.46. The molecule has 1 unspecified atom stereocenters. The van der Waals surface area contributed by atoms with E-state index in [4.69, 9.17) is 0 Å². The van der Waals surface area contributed by atoms with E-state index in [0.717, 1.165) is 37.7 Å². The van der Waals surface area contributed by atoms with Crippen LogP contribution in [0.2, 0.25) is 0 Å². The molecule has 0 saturated heterocycles.